The van der Waals surface area contributed by atoms with Crippen molar-refractivity contribution in [2.45, 2.75) is 33.6 Å². The van der Waals surface area contributed by atoms with Crippen molar-refractivity contribution in [1.29, 1.82) is 0 Å². The Bertz CT molecular complexity index is 193. The average molecular weight is 200 g/mol. The average Bonchev–Trinajstić information content (AvgIpc) is 2.12. The van der Waals surface area contributed by atoms with Crippen LogP contribution in [-0.2, 0) is 9.59 Å². The molecule has 1 N–H and O–H groups in total. The Hall–Kier alpha value is -1.06. The zero-order valence-corrected chi connectivity index (χ0v) is 9.30. The lowest BCUT2D eigenvalue weighted by molar-refractivity contribution is -0.129. The molecular weight excluding hydrogens is 180 g/mol. The molecule has 4 nitrogen and oxygen atoms in total. The highest BCUT2D eigenvalue weighted by molar-refractivity contribution is 5.77. The van der Waals surface area contributed by atoms with Crippen molar-refractivity contribution in [2.75, 3.05) is 19.6 Å². The largest absolute Gasteiger partial charge is 0.356 e. The molecule has 0 atom stereocenters. The Morgan fingerprint density at radius 3 is 2.29 bits per heavy atom. The molecule has 0 unspecified atom stereocenters. The first kappa shape index (κ1) is 12.9. The number of nitrogens with one attached hydrogen (secondary N) is 1. The van der Waals surface area contributed by atoms with Crippen LogP contribution >= 0.6 is 0 Å². The van der Waals surface area contributed by atoms with Crippen molar-refractivity contribution in [1.82, 2.24) is 10.2 Å². The minimum atomic E-state index is 0.00912. The second-order valence-electron chi connectivity index (χ2n) is 3.21. The van der Waals surface area contributed by atoms with Crippen molar-refractivity contribution in [3.8, 4) is 0 Å². The van der Waals surface area contributed by atoms with Gasteiger partial charge in [-0.3, -0.25) is 9.59 Å². The summed E-state index contributed by atoms with van der Waals surface area (Å²) in [5.41, 5.74) is 0. The summed E-state index contributed by atoms with van der Waals surface area (Å²) in [4.78, 5) is 23.9. The maximum atomic E-state index is 11.1. The molecule has 0 rings (SSSR count). The summed E-state index contributed by atoms with van der Waals surface area (Å²) in [5.74, 6) is 0.0472. The Morgan fingerprint density at radius 1 is 1.21 bits per heavy atom. The van der Waals surface area contributed by atoms with E-state index >= 15 is 0 Å². The summed E-state index contributed by atoms with van der Waals surface area (Å²) in [6, 6.07) is 0. The molecule has 82 valence electrons. The Labute approximate surface area is 85.7 Å². The fourth-order valence-electron chi connectivity index (χ4n) is 1.22. The third-order valence-corrected chi connectivity index (χ3v) is 1.92. The molecule has 0 saturated heterocycles. The van der Waals surface area contributed by atoms with Crippen LogP contribution < -0.4 is 5.32 Å². The number of amides is 2. The number of hydrogen-bond donors (Lipinski definition) is 1. The quantitative estimate of drug-likeness (QED) is 0.688. The van der Waals surface area contributed by atoms with Gasteiger partial charge in [-0.1, -0.05) is 6.92 Å². The second kappa shape index (κ2) is 7.35. The Balaban J connectivity index is 3.81. The first-order valence-electron chi connectivity index (χ1n) is 5.14. The van der Waals surface area contributed by atoms with Crippen LogP contribution in [0.1, 0.15) is 33.6 Å². The molecular formula is C10H20N2O2. The van der Waals surface area contributed by atoms with Gasteiger partial charge in [0, 0.05) is 33.0 Å². The number of carbonyl (C=O) groups is 2. The summed E-state index contributed by atoms with van der Waals surface area (Å²) in [6.45, 7) is 7.33. The third kappa shape index (κ3) is 5.56. The standard InChI is InChI=1S/C10H20N2O2/c1-4-7-12(9(3)13)8-6-10(14)11-5-2/h4-8H2,1-3H3,(H,11,14). The molecule has 0 aliphatic heterocycles. The van der Waals surface area contributed by atoms with Crippen molar-refractivity contribution in [2.24, 2.45) is 0 Å². The summed E-state index contributed by atoms with van der Waals surface area (Å²) in [6.07, 6.45) is 1.32. The molecule has 4 heteroatoms. The van der Waals surface area contributed by atoms with Crippen LogP contribution in [0.25, 0.3) is 0 Å². The van der Waals surface area contributed by atoms with Crippen LogP contribution in [0.2, 0.25) is 0 Å². The molecule has 0 radical (unpaired) electrons. The Morgan fingerprint density at radius 2 is 1.86 bits per heavy atom. The van der Waals surface area contributed by atoms with Crippen LogP contribution in [0.4, 0.5) is 0 Å². The summed E-state index contributed by atoms with van der Waals surface area (Å²) >= 11 is 0. The van der Waals surface area contributed by atoms with Crippen molar-refractivity contribution < 1.29 is 9.59 Å². The van der Waals surface area contributed by atoms with Crippen molar-refractivity contribution in [3.05, 3.63) is 0 Å². The second-order valence-corrected chi connectivity index (χ2v) is 3.21. The van der Waals surface area contributed by atoms with E-state index in [0.717, 1.165) is 13.0 Å². The van der Waals surface area contributed by atoms with Crippen LogP contribution in [0.3, 0.4) is 0 Å². The van der Waals surface area contributed by atoms with E-state index in [4.69, 9.17) is 0 Å². The monoisotopic (exact) mass is 200 g/mol. The minimum Gasteiger partial charge on any atom is -0.356 e. The van der Waals surface area contributed by atoms with Gasteiger partial charge < -0.3 is 10.2 Å². The van der Waals surface area contributed by atoms with Gasteiger partial charge >= 0.3 is 0 Å². The van der Waals surface area contributed by atoms with E-state index in [9.17, 15) is 9.59 Å². The number of carbonyl (C=O) groups excluding carboxylic acids is 2. The maximum Gasteiger partial charge on any atom is 0.221 e. The van der Waals surface area contributed by atoms with Crippen LogP contribution in [-0.4, -0.2) is 36.3 Å². The zero-order valence-electron chi connectivity index (χ0n) is 9.30. The van der Waals surface area contributed by atoms with Gasteiger partial charge in [0.15, 0.2) is 0 Å². The Kier molecular flexibility index (Phi) is 6.80. The van der Waals surface area contributed by atoms with E-state index in [2.05, 4.69) is 5.32 Å². The van der Waals surface area contributed by atoms with Gasteiger partial charge in [-0.15, -0.1) is 0 Å². The summed E-state index contributed by atoms with van der Waals surface area (Å²) in [5, 5.41) is 2.71. The van der Waals surface area contributed by atoms with Crippen molar-refractivity contribution >= 4 is 11.8 Å². The molecule has 0 aliphatic carbocycles. The number of rotatable bonds is 6. The molecule has 0 fully saturated rings. The van der Waals surface area contributed by atoms with E-state index in [1.54, 1.807) is 4.90 Å². The molecule has 0 aliphatic rings. The van der Waals surface area contributed by atoms with Crippen LogP contribution in [0.5, 0.6) is 0 Å². The van der Waals surface area contributed by atoms with Gasteiger partial charge in [-0.25, -0.2) is 0 Å². The first-order chi connectivity index (χ1) is 6.61. The number of nitrogens with zero attached hydrogens (tertiary/aromatic N) is 1. The zero-order chi connectivity index (χ0) is 11.0. The minimum absolute atomic E-state index is 0.00912. The maximum absolute atomic E-state index is 11.1. The highest BCUT2D eigenvalue weighted by Crippen LogP contribution is 1.95. The predicted molar refractivity (Wildman–Crippen MR) is 55.8 cm³/mol. The molecule has 0 saturated carbocycles. The van der Waals surface area contributed by atoms with E-state index in [0.29, 0.717) is 19.5 Å². The van der Waals surface area contributed by atoms with Crippen molar-refractivity contribution in [3.63, 3.8) is 0 Å². The normalized spacial score (nSPS) is 9.64. The molecule has 0 spiro atoms. The lowest BCUT2D eigenvalue weighted by Gasteiger charge is -2.19. The first-order valence-corrected chi connectivity index (χ1v) is 5.14. The SMILES string of the molecule is CCCN(CCC(=O)NCC)C(C)=O. The smallest absolute Gasteiger partial charge is 0.221 e. The molecule has 0 bridgehead atoms. The summed E-state index contributed by atoms with van der Waals surface area (Å²) in [7, 11) is 0. The fraction of sp³-hybridized carbons (Fsp3) is 0.800. The molecule has 0 aromatic carbocycles. The van der Waals surface area contributed by atoms with Gasteiger partial charge in [-0.2, -0.15) is 0 Å². The predicted octanol–water partition coefficient (Wildman–Crippen LogP) is 0.771. The topological polar surface area (TPSA) is 49.4 Å². The molecule has 14 heavy (non-hydrogen) atoms. The van der Waals surface area contributed by atoms with E-state index in [1.165, 1.54) is 6.92 Å². The van der Waals surface area contributed by atoms with Gasteiger partial charge in [0.1, 0.15) is 0 Å². The fourth-order valence-corrected chi connectivity index (χ4v) is 1.22. The highest BCUT2D eigenvalue weighted by atomic mass is 16.2. The lowest BCUT2D eigenvalue weighted by atomic mass is 10.3. The highest BCUT2D eigenvalue weighted by Gasteiger charge is 2.08. The van der Waals surface area contributed by atoms with Gasteiger partial charge in [0.2, 0.25) is 11.8 Å². The third-order valence-electron chi connectivity index (χ3n) is 1.92. The molecule has 0 heterocycles. The van der Waals surface area contributed by atoms with E-state index in [1.807, 2.05) is 13.8 Å². The van der Waals surface area contributed by atoms with E-state index in [-0.39, 0.29) is 11.8 Å². The lowest BCUT2D eigenvalue weighted by Crippen LogP contribution is -2.34. The van der Waals surface area contributed by atoms with Gasteiger partial charge in [0.05, 0.1) is 0 Å². The van der Waals surface area contributed by atoms with Gasteiger partial charge in [0.25, 0.3) is 0 Å². The molecule has 0 aromatic rings. The van der Waals surface area contributed by atoms with E-state index < -0.39 is 0 Å². The molecule has 0 aromatic heterocycles. The summed E-state index contributed by atoms with van der Waals surface area (Å²) < 4.78 is 0. The molecule has 2 amide bonds. The van der Waals surface area contributed by atoms with Crippen LogP contribution in [0, 0.1) is 0 Å². The van der Waals surface area contributed by atoms with Crippen LogP contribution in [0.15, 0.2) is 0 Å². The number of hydrogen-bond acceptors (Lipinski definition) is 2. The van der Waals surface area contributed by atoms with Gasteiger partial charge in [-0.05, 0) is 13.3 Å².